The van der Waals surface area contributed by atoms with Gasteiger partial charge in [-0.1, -0.05) is 41.9 Å². The third-order valence-corrected chi connectivity index (χ3v) is 3.88. The van der Waals surface area contributed by atoms with Crippen LogP contribution in [0.25, 0.3) is 0 Å². The number of rotatable bonds is 4. The van der Waals surface area contributed by atoms with Crippen molar-refractivity contribution in [3.8, 4) is 0 Å². The molecule has 0 aliphatic rings. The van der Waals surface area contributed by atoms with Gasteiger partial charge in [-0.05, 0) is 48.5 Å². The van der Waals surface area contributed by atoms with Crippen LogP contribution in [0.3, 0.4) is 0 Å². The van der Waals surface area contributed by atoms with Crippen LogP contribution in [0, 0.1) is 6.92 Å². The lowest BCUT2D eigenvalue weighted by Crippen LogP contribution is -2.20. The monoisotopic (exact) mass is 357 g/mol. The highest BCUT2D eigenvalue weighted by Gasteiger charge is 2.05. The van der Waals surface area contributed by atoms with Crippen LogP contribution in [0.4, 0.5) is 11.6 Å². The molecule has 0 bridgehead atoms. The van der Waals surface area contributed by atoms with Gasteiger partial charge in [0, 0.05) is 10.7 Å². The van der Waals surface area contributed by atoms with Gasteiger partial charge in [0.15, 0.2) is 5.11 Å². The average Bonchev–Trinajstić information content (AvgIpc) is 2.96. The molecule has 0 saturated heterocycles. The lowest BCUT2D eigenvalue weighted by molar-refractivity contribution is 0.684. The molecule has 0 atom stereocenters. The minimum Gasteiger partial charge on any atom is -0.332 e. The number of nitrogens with zero attached hydrogens (tertiary/aromatic N) is 3. The number of anilines is 2. The van der Waals surface area contributed by atoms with Crippen LogP contribution in [-0.2, 0) is 6.54 Å². The van der Waals surface area contributed by atoms with E-state index in [1.54, 1.807) is 23.1 Å². The summed E-state index contributed by atoms with van der Waals surface area (Å²) in [6.45, 7) is 2.74. The molecule has 3 aromatic rings. The number of halogens is 1. The number of benzene rings is 2. The van der Waals surface area contributed by atoms with E-state index in [2.05, 4.69) is 39.8 Å². The Morgan fingerprint density at radius 2 is 2.00 bits per heavy atom. The van der Waals surface area contributed by atoms with Gasteiger partial charge in [0.25, 0.3) is 0 Å². The SMILES string of the molecule is Cc1ccccc1Cn1cnc(NC(=S)Nc2cccc(Cl)c2)n1. The van der Waals surface area contributed by atoms with Crippen molar-refractivity contribution >= 4 is 40.6 Å². The highest BCUT2D eigenvalue weighted by Crippen LogP contribution is 2.15. The Morgan fingerprint density at radius 1 is 1.17 bits per heavy atom. The summed E-state index contributed by atoms with van der Waals surface area (Å²) in [5.74, 6) is 0.447. The lowest BCUT2D eigenvalue weighted by atomic mass is 10.1. The van der Waals surface area contributed by atoms with E-state index < -0.39 is 0 Å². The molecular formula is C17H16ClN5S. The van der Waals surface area contributed by atoms with E-state index in [1.165, 1.54) is 11.1 Å². The van der Waals surface area contributed by atoms with E-state index in [4.69, 9.17) is 23.8 Å². The molecule has 0 aliphatic heterocycles. The smallest absolute Gasteiger partial charge is 0.248 e. The van der Waals surface area contributed by atoms with E-state index in [-0.39, 0.29) is 0 Å². The molecule has 1 aromatic heterocycles. The molecule has 2 aromatic carbocycles. The Hall–Kier alpha value is -2.44. The van der Waals surface area contributed by atoms with Crippen molar-refractivity contribution in [1.82, 2.24) is 14.8 Å². The largest absolute Gasteiger partial charge is 0.332 e. The first-order valence-electron chi connectivity index (χ1n) is 7.38. The summed E-state index contributed by atoms with van der Waals surface area (Å²) in [5, 5.41) is 11.4. The van der Waals surface area contributed by atoms with Crippen molar-refractivity contribution in [2.45, 2.75) is 13.5 Å². The first-order chi connectivity index (χ1) is 11.6. The van der Waals surface area contributed by atoms with Gasteiger partial charge in [-0.3, -0.25) is 5.32 Å². The maximum Gasteiger partial charge on any atom is 0.248 e. The summed E-state index contributed by atoms with van der Waals surface area (Å²) in [6.07, 6.45) is 1.68. The minimum absolute atomic E-state index is 0.408. The second kappa shape index (κ2) is 7.42. The van der Waals surface area contributed by atoms with Gasteiger partial charge in [0.2, 0.25) is 5.95 Å². The van der Waals surface area contributed by atoms with Crippen LogP contribution >= 0.6 is 23.8 Å². The molecule has 0 aliphatic carbocycles. The lowest BCUT2D eigenvalue weighted by Gasteiger charge is -2.08. The van der Waals surface area contributed by atoms with Crippen molar-refractivity contribution in [2.75, 3.05) is 10.6 Å². The molecule has 122 valence electrons. The van der Waals surface area contributed by atoms with Gasteiger partial charge < -0.3 is 5.32 Å². The normalized spacial score (nSPS) is 10.4. The van der Waals surface area contributed by atoms with Crippen LogP contribution < -0.4 is 10.6 Å². The maximum absolute atomic E-state index is 5.95. The molecule has 0 unspecified atom stereocenters. The zero-order valence-corrected chi connectivity index (χ0v) is 14.6. The number of nitrogens with one attached hydrogen (secondary N) is 2. The Bertz CT molecular complexity index is 861. The van der Waals surface area contributed by atoms with Gasteiger partial charge in [-0.25, -0.2) is 9.67 Å². The quantitative estimate of drug-likeness (QED) is 0.688. The maximum atomic E-state index is 5.95. The molecule has 24 heavy (non-hydrogen) atoms. The third kappa shape index (κ3) is 4.31. The molecule has 5 nitrogen and oxygen atoms in total. The van der Waals surface area contributed by atoms with Crippen molar-refractivity contribution < 1.29 is 0 Å². The molecule has 3 rings (SSSR count). The zero-order chi connectivity index (χ0) is 16.9. The summed E-state index contributed by atoms with van der Waals surface area (Å²) >= 11 is 11.2. The Balaban J connectivity index is 1.61. The zero-order valence-electron chi connectivity index (χ0n) is 13.0. The van der Waals surface area contributed by atoms with E-state index in [1.807, 2.05) is 24.3 Å². The van der Waals surface area contributed by atoms with E-state index in [0.717, 1.165) is 5.69 Å². The van der Waals surface area contributed by atoms with Crippen molar-refractivity contribution in [3.05, 3.63) is 71.0 Å². The van der Waals surface area contributed by atoms with Crippen LogP contribution in [0.5, 0.6) is 0 Å². The van der Waals surface area contributed by atoms with Crippen LogP contribution in [0.1, 0.15) is 11.1 Å². The van der Waals surface area contributed by atoms with Crippen LogP contribution in [0.2, 0.25) is 5.02 Å². The van der Waals surface area contributed by atoms with E-state index in [0.29, 0.717) is 22.6 Å². The summed E-state index contributed by atoms with van der Waals surface area (Å²) < 4.78 is 1.77. The summed E-state index contributed by atoms with van der Waals surface area (Å²) in [6, 6.07) is 15.5. The van der Waals surface area contributed by atoms with E-state index in [9.17, 15) is 0 Å². The second-order valence-corrected chi connectivity index (χ2v) is 6.13. The summed E-state index contributed by atoms with van der Waals surface area (Å²) in [4.78, 5) is 4.23. The highest BCUT2D eigenvalue weighted by atomic mass is 35.5. The molecule has 7 heteroatoms. The number of thiocarbonyl (C=S) groups is 1. The molecule has 0 spiro atoms. The van der Waals surface area contributed by atoms with Crippen molar-refractivity contribution in [3.63, 3.8) is 0 Å². The van der Waals surface area contributed by atoms with Gasteiger partial charge in [-0.2, -0.15) is 0 Å². The number of aromatic nitrogens is 3. The summed E-state index contributed by atoms with van der Waals surface area (Å²) in [5.41, 5.74) is 3.23. The Kier molecular flexibility index (Phi) is 5.08. The van der Waals surface area contributed by atoms with E-state index >= 15 is 0 Å². The predicted molar refractivity (Wildman–Crippen MR) is 102 cm³/mol. The van der Waals surface area contributed by atoms with Gasteiger partial charge >= 0.3 is 0 Å². The predicted octanol–water partition coefficient (Wildman–Crippen LogP) is 4.10. The first-order valence-corrected chi connectivity index (χ1v) is 8.16. The fourth-order valence-corrected chi connectivity index (χ4v) is 2.62. The van der Waals surface area contributed by atoms with Gasteiger partial charge in [0.05, 0.1) is 6.54 Å². The number of aryl methyl sites for hydroxylation is 1. The van der Waals surface area contributed by atoms with Crippen molar-refractivity contribution in [2.24, 2.45) is 0 Å². The average molecular weight is 358 g/mol. The number of hydrogen-bond acceptors (Lipinski definition) is 3. The third-order valence-electron chi connectivity index (χ3n) is 3.44. The van der Waals surface area contributed by atoms with Crippen LogP contribution in [-0.4, -0.2) is 19.9 Å². The van der Waals surface area contributed by atoms with Crippen molar-refractivity contribution in [1.29, 1.82) is 0 Å². The Morgan fingerprint density at radius 3 is 2.79 bits per heavy atom. The highest BCUT2D eigenvalue weighted by molar-refractivity contribution is 7.80. The molecule has 0 radical (unpaired) electrons. The fourth-order valence-electron chi connectivity index (χ4n) is 2.22. The van der Waals surface area contributed by atoms with Gasteiger partial charge in [-0.15, -0.1) is 5.10 Å². The second-order valence-electron chi connectivity index (χ2n) is 5.28. The Labute approximate surface area is 150 Å². The minimum atomic E-state index is 0.408. The molecular weight excluding hydrogens is 342 g/mol. The standard InChI is InChI=1S/C17H16ClN5S/c1-12-5-2-3-6-13(12)10-23-11-19-16(22-23)21-17(24)20-15-8-4-7-14(18)9-15/h2-9,11H,10H2,1H3,(H2,20,21,22,24). The molecule has 0 saturated carbocycles. The van der Waals surface area contributed by atoms with Gasteiger partial charge in [0.1, 0.15) is 6.33 Å². The molecule has 2 N–H and O–H groups in total. The topological polar surface area (TPSA) is 54.8 Å². The molecule has 0 amide bonds. The summed E-state index contributed by atoms with van der Waals surface area (Å²) in [7, 11) is 0. The molecule has 0 fully saturated rings. The molecule has 1 heterocycles. The number of hydrogen-bond donors (Lipinski definition) is 2. The van der Waals surface area contributed by atoms with Crippen LogP contribution in [0.15, 0.2) is 54.9 Å². The fraction of sp³-hybridized carbons (Fsp3) is 0.118. The first kappa shape index (κ1) is 16.4.